The van der Waals surface area contributed by atoms with E-state index >= 15 is 0 Å². The lowest BCUT2D eigenvalue weighted by Crippen LogP contribution is -2.35. The molecule has 1 amide bonds. The third-order valence-corrected chi connectivity index (χ3v) is 6.56. The average molecular weight is 431 g/mol. The zero-order valence-corrected chi connectivity index (χ0v) is 16.8. The van der Waals surface area contributed by atoms with Crippen LogP contribution >= 0.6 is 0 Å². The molecule has 1 aliphatic heterocycles. The van der Waals surface area contributed by atoms with E-state index in [0.717, 1.165) is 43.5 Å². The summed E-state index contributed by atoms with van der Waals surface area (Å²) in [7, 11) is -3.69. The van der Waals surface area contributed by atoms with Crippen LogP contribution in [0.1, 0.15) is 24.8 Å². The fourth-order valence-corrected chi connectivity index (χ4v) is 4.68. The van der Waals surface area contributed by atoms with Gasteiger partial charge in [0.25, 0.3) is 5.91 Å². The minimum atomic E-state index is -3.69. The predicted octanol–water partition coefficient (Wildman–Crippen LogP) is 3.69. The lowest BCUT2D eigenvalue weighted by atomic mass is 10.1. The smallest absolute Gasteiger partial charge is 0.266 e. The first-order valence-electron chi connectivity index (χ1n) is 9.29. The Labute approximate surface area is 173 Å². The molecule has 6 nitrogen and oxygen atoms in total. The van der Waals surface area contributed by atoms with Crippen molar-refractivity contribution in [2.75, 3.05) is 18.4 Å². The Morgan fingerprint density at radius 2 is 1.83 bits per heavy atom. The van der Waals surface area contributed by atoms with E-state index < -0.39 is 33.1 Å². The first-order chi connectivity index (χ1) is 14.3. The number of carbonyl (C=O) groups is 1. The van der Waals surface area contributed by atoms with Gasteiger partial charge in [0, 0.05) is 24.3 Å². The van der Waals surface area contributed by atoms with Crippen LogP contribution in [0.15, 0.2) is 52.9 Å². The second kappa shape index (κ2) is 9.15. The van der Waals surface area contributed by atoms with Gasteiger partial charge in [-0.15, -0.1) is 0 Å². The van der Waals surface area contributed by atoms with Crippen LogP contribution in [0.2, 0.25) is 0 Å². The highest BCUT2D eigenvalue weighted by molar-refractivity contribution is 7.89. The highest BCUT2D eigenvalue weighted by atomic mass is 32.2. The van der Waals surface area contributed by atoms with Gasteiger partial charge in [0.15, 0.2) is 0 Å². The maximum atomic E-state index is 13.8. The highest BCUT2D eigenvalue weighted by Gasteiger charge is 2.26. The van der Waals surface area contributed by atoms with Crippen molar-refractivity contribution in [1.82, 2.24) is 4.31 Å². The van der Waals surface area contributed by atoms with Crippen LogP contribution in [0.5, 0.6) is 0 Å². The van der Waals surface area contributed by atoms with E-state index in [-0.39, 0.29) is 16.1 Å². The van der Waals surface area contributed by atoms with Crippen LogP contribution in [0, 0.1) is 23.0 Å². The summed E-state index contributed by atoms with van der Waals surface area (Å²) in [4.78, 5) is 12.5. The summed E-state index contributed by atoms with van der Waals surface area (Å²) in [6.45, 7) is 0.888. The van der Waals surface area contributed by atoms with Crippen molar-refractivity contribution < 1.29 is 22.0 Å². The number of amides is 1. The summed E-state index contributed by atoms with van der Waals surface area (Å²) in [5.74, 6) is -2.36. The summed E-state index contributed by atoms with van der Waals surface area (Å²) < 4.78 is 54.1. The van der Waals surface area contributed by atoms with Gasteiger partial charge < -0.3 is 5.32 Å². The Morgan fingerprint density at radius 1 is 1.10 bits per heavy atom. The number of nitrogens with zero attached hydrogens (tertiary/aromatic N) is 2. The second-order valence-corrected chi connectivity index (χ2v) is 8.72. The van der Waals surface area contributed by atoms with Gasteiger partial charge in [-0.05, 0) is 55.3 Å². The second-order valence-electron chi connectivity index (χ2n) is 6.78. The molecular weight excluding hydrogens is 412 g/mol. The zero-order valence-electron chi connectivity index (χ0n) is 15.9. The van der Waals surface area contributed by atoms with E-state index in [0.29, 0.717) is 13.1 Å². The van der Waals surface area contributed by atoms with Gasteiger partial charge in [0.05, 0.1) is 4.90 Å². The van der Waals surface area contributed by atoms with Gasteiger partial charge in [-0.3, -0.25) is 4.79 Å². The number of halogens is 2. The molecule has 0 aliphatic carbocycles. The van der Waals surface area contributed by atoms with Crippen molar-refractivity contribution in [3.63, 3.8) is 0 Å². The molecule has 0 aromatic heterocycles. The predicted molar refractivity (Wildman–Crippen MR) is 108 cm³/mol. The molecule has 1 saturated heterocycles. The van der Waals surface area contributed by atoms with Crippen molar-refractivity contribution in [2.45, 2.75) is 24.2 Å². The maximum Gasteiger partial charge on any atom is 0.266 e. The third kappa shape index (κ3) is 4.90. The summed E-state index contributed by atoms with van der Waals surface area (Å²) in [5, 5.41) is 11.7. The Morgan fingerprint density at radius 3 is 2.53 bits per heavy atom. The number of hydrogen-bond donors (Lipinski definition) is 1. The summed E-state index contributed by atoms with van der Waals surface area (Å²) in [6, 6.07) is 10.0. The molecule has 0 radical (unpaired) electrons. The van der Waals surface area contributed by atoms with E-state index in [9.17, 15) is 27.3 Å². The number of piperidine rings is 1. The van der Waals surface area contributed by atoms with Gasteiger partial charge in [0.1, 0.15) is 23.3 Å². The Kier molecular flexibility index (Phi) is 6.59. The largest absolute Gasteiger partial charge is 0.321 e. The van der Waals surface area contributed by atoms with Crippen molar-refractivity contribution in [2.24, 2.45) is 0 Å². The average Bonchev–Trinajstić information content (AvgIpc) is 2.75. The number of benzene rings is 2. The van der Waals surface area contributed by atoms with Crippen LogP contribution in [0.3, 0.4) is 0 Å². The molecule has 0 saturated carbocycles. The van der Waals surface area contributed by atoms with E-state index in [1.54, 1.807) is 6.07 Å². The molecule has 1 heterocycles. The molecule has 0 spiro atoms. The molecule has 0 unspecified atom stereocenters. The fourth-order valence-electron chi connectivity index (χ4n) is 3.12. The molecule has 1 fully saturated rings. The molecule has 9 heteroatoms. The number of sulfonamides is 1. The first kappa shape index (κ1) is 21.6. The van der Waals surface area contributed by atoms with Crippen molar-refractivity contribution >= 4 is 27.7 Å². The Hall–Kier alpha value is -3.09. The molecule has 0 atom stereocenters. The van der Waals surface area contributed by atoms with Gasteiger partial charge in [-0.1, -0.05) is 12.5 Å². The van der Waals surface area contributed by atoms with Crippen LogP contribution in [0.25, 0.3) is 6.08 Å². The maximum absolute atomic E-state index is 13.8. The fraction of sp³-hybridized carbons (Fsp3) is 0.238. The Bertz CT molecular complexity index is 1130. The van der Waals surface area contributed by atoms with Crippen molar-refractivity contribution in [1.29, 1.82) is 5.26 Å². The third-order valence-electron chi connectivity index (χ3n) is 4.67. The molecule has 2 aromatic carbocycles. The number of nitriles is 1. The van der Waals surface area contributed by atoms with E-state index in [1.807, 2.05) is 0 Å². The molecule has 1 aliphatic rings. The van der Waals surface area contributed by atoms with Gasteiger partial charge in [-0.2, -0.15) is 9.57 Å². The molecule has 30 heavy (non-hydrogen) atoms. The number of anilines is 1. The first-order valence-corrected chi connectivity index (χ1v) is 10.7. The van der Waals surface area contributed by atoms with E-state index in [1.165, 1.54) is 28.6 Å². The number of carbonyl (C=O) groups excluding carboxylic acids is 1. The summed E-state index contributed by atoms with van der Waals surface area (Å²) in [5.41, 5.74) is -0.536. The lowest BCUT2D eigenvalue weighted by molar-refractivity contribution is -0.112. The molecule has 3 rings (SSSR count). The van der Waals surface area contributed by atoms with Gasteiger partial charge >= 0.3 is 0 Å². The Balaban J connectivity index is 1.83. The minimum absolute atomic E-state index is 0.0286. The van der Waals surface area contributed by atoms with E-state index in [2.05, 4.69) is 5.32 Å². The normalized spacial score (nSPS) is 15.4. The van der Waals surface area contributed by atoms with Gasteiger partial charge in [-0.25, -0.2) is 17.2 Å². The molecule has 2 aromatic rings. The standard InChI is InChI=1S/C21H19F2N3O3S/c22-17-7-8-20(23)15(12-17)11-16(14-24)21(27)25-18-5-4-6-19(13-18)30(28,29)26-9-2-1-3-10-26/h4-8,11-13H,1-3,9-10H2,(H,25,27)/b16-11+. The van der Waals surface area contributed by atoms with Crippen LogP contribution < -0.4 is 5.32 Å². The SMILES string of the molecule is N#C/C(=C\c1cc(F)ccc1F)C(=O)Nc1cccc(S(=O)(=O)N2CCCCC2)c1. The lowest BCUT2D eigenvalue weighted by Gasteiger charge is -2.26. The topological polar surface area (TPSA) is 90.3 Å². The van der Waals surface area contributed by atoms with Crippen molar-refractivity contribution in [3.05, 3.63) is 65.2 Å². The quantitative estimate of drug-likeness (QED) is 0.578. The highest BCUT2D eigenvalue weighted by Crippen LogP contribution is 2.23. The number of nitrogens with one attached hydrogen (secondary N) is 1. The van der Waals surface area contributed by atoms with E-state index in [4.69, 9.17) is 0 Å². The molecule has 156 valence electrons. The zero-order chi connectivity index (χ0) is 21.7. The van der Waals surface area contributed by atoms with Crippen LogP contribution in [0.4, 0.5) is 14.5 Å². The van der Waals surface area contributed by atoms with Crippen molar-refractivity contribution in [3.8, 4) is 6.07 Å². The molecule has 1 N–H and O–H groups in total. The summed E-state index contributed by atoms with van der Waals surface area (Å²) >= 11 is 0. The monoisotopic (exact) mass is 431 g/mol. The minimum Gasteiger partial charge on any atom is -0.321 e. The van der Waals surface area contributed by atoms with Gasteiger partial charge in [0.2, 0.25) is 10.0 Å². The number of hydrogen-bond acceptors (Lipinski definition) is 4. The van der Waals surface area contributed by atoms with Crippen LogP contribution in [-0.2, 0) is 14.8 Å². The molecule has 0 bridgehead atoms. The molecular formula is C21H19F2N3O3S. The van der Waals surface area contributed by atoms with Crippen LogP contribution in [-0.4, -0.2) is 31.7 Å². The number of rotatable bonds is 5. The summed E-state index contributed by atoms with van der Waals surface area (Å²) in [6.07, 6.45) is 3.50.